The zero-order chi connectivity index (χ0) is 16.1. The van der Waals surface area contributed by atoms with E-state index < -0.39 is 0 Å². The predicted octanol–water partition coefficient (Wildman–Crippen LogP) is 2.85. The number of benzene rings is 1. The van der Waals surface area contributed by atoms with Gasteiger partial charge in [0.05, 0.1) is 12.8 Å². The molecule has 122 valence electrons. The molecule has 2 N–H and O–H groups in total. The van der Waals surface area contributed by atoms with Crippen LogP contribution in [0.4, 0.5) is 5.13 Å². The van der Waals surface area contributed by atoms with E-state index in [1.54, 1.807) is 7.11 Å². The van der Waals surface area contributed by atoms with Gasteiger partial charge in [-0.3, -0.25) is 4.79 Å². The van der Waals surface area contributed by atoms with Gasteiger partial charge in [-0.2, -0.15) is 11.8 Å². The number of nitrogens with one attached hydrogen (secondary N) is 2. The number of ether oxygens (including phenoxy) is 1. The number of aromatic nitrogens is 1. The van der Waals surface area contributed by atoms with Gasteiger partial charge >= 0.3 is 0 Å². The van der Waals surface area contributed by atoms with Crippen LogP contribution >= 0.6 is 23.1 Å². The maximum absolute atomic E-state index is 12.1. The third-order valence-corrected chi connectivity index (χ3v) is 5.45. The number of carbonyl (C=O) groups excluding carboxylic acids is 1. The van der Waals surface area contributed by atoms with Crippen molar-refractivity contribution in [3.63, 3.8) is 0 Å². The molecule has 2 heterocycles. The van der Waals surface area contributed by atoms with E-state index in [0.717, 1.165) is 35.1 Å². The second-order valence-corrected chi connectivity index (χ2v) is 7.22. The van der Waals surface area contributed by atoms with Gasteiger partial charge in [0, 0.05) is 41.5 Å². The van der Waals surface area contributed by atoms with Gasteiger partial charge < -0.3 is 15.4 Å². The quantitative estimate of drug-likeness (QED) is 0.869. The van der Waals surface area contributed by atoms with Gasteiger partial charge in [0.1, 0.15) is 5.75 Å². The van der Waals surface area contributed by atoms with Gasteiger partial charge in [0.15, 0.2) is 5.13 Å². The number of para-hydroxylation sites is 1. The van der Waals surface area contributed by atoms with Crippen molar-refractivity contribution in [3.05, 3.63) is 29.6 Å². The number of hydrogen-bond acceptors (Lipinski definition) is 6. The molecule has 2 aromatic rings. The molecule has 1 amide bonds. The Morgan fingerprint density at radius 1 is 1.48 bits per heavy atom. The number of methoxy groups -OCH3 is 1. The van der Waals surface area contributed by atoms with E-state index in [9.17, 15) is 4.79 Å². The Kier molecular flexibility index (Phi) is 5.53. The molecular weight excluding hydrogens is 330 g/mol. The number of amides is 1. The summed E-state index contributed by atoms with van der Waals surface area (Å²) in [4.78, 5) is 16.6. The van der Waals surface area contributed by atoms with Crippen molar-refractivity contribution in [2.75, 3.05) is 30.5 Å². The molecule has 3 rings (SSSR count). The van der Waals surface area contributed by atoms with Crippen LogP contribution in [0.2, 0.25) is 0 Å². The van der Waals surface area contributed by atoms with E-state index in [0.29, 0.717) is 11.6 Å². The van der Waals surface area contributed by atoms with Crippen LogP contribution in [0.15, 0.2) is 29.6 Å². The van der Waals surface area contributed by atoms with Crippen LogP contribution in [-0.2, 0) is 4.79 Å². The average Bonchev–Trinajstić information content (AvgIpc) is 3.03. The lowest BCUT2D eigenvalue weighted by atomic mass is 10.1. The molecule has 1 aliphatic heterocycles. The van der Waals surface area contributed by atoms with Crippen molar-refractivity contribution in [2.45, 2.75) is 12.5 Å². The predicted molar refractivity (Wildman–Crippen MR) is 96.5 cm³/mol. The second kappa shape index (κ2) is 7.81. The number of nitrogens with zero attached hydrogens (tertiary/aromatic N) is 1. The van der Waals surface area contributed by atoms with E-state index in [1.807, 2.05) is 41.4 Å². The normalized spacial score (nSPS) is 17.7. The first-order valence-corrected chi connectivity index (χ1v) is 9.49. The number of thioether (sulfide) groups is 1. The number of hydrogen-bond donors (Lipinski definition) is 2. The maximum atomic E-state index is 12.1. The highest BCUT2D eigenvalue weighted by atomic mass is 32.2. The number of thiazole rings is 1. The van der Waals surface area contributed by atoms with Gasteiger partial charge in [-0.1, -0.05) is 12.1 Å². The summed E-state index contributed by atoms with van der Waals surface area (Å²) in [6, 6.07) is 7.98. The first-order valence-electron chi connectivity index (χ1n) is 7.46. The Labute approximate surface area is 143 Å². The molecule has 1 aliphatic rings. The SMILES string of the molecule is COc1ccccc1-c1csc(NC(=O)CC2CSCCN2)n1. The molecule has 1 aromatic carbocycles. The molecule has 0 bridgehead atoms. The summed E-state index contributed by atoms with van der Waals surface area (Å²) in [6.45, 7) is 0.970. The lowest BCUT2D eigenvalue weighted by Gasteiger charge is -2.22. The third-order valence-electron chi connectivity index (χ3n) is 3.56. The molecule has 1 fully saturated rings. The van der Waals surface area contributed by atoms with Crippen molar-refractivity contribution in [1.82, 2.24) is 10.3 Å². The Bertz CT molecular complexity index is 669. The Balaban J connectivity index is 1.63. The van der Waals surface area contributed by atoms with E-state index in [-0.39, 0.29) is 11.9 Å². The molecule has 0 saturated carbocycles. The standard InChI is InChI=1S/C16H19N3O2S2/c1-21-14-5-3-2-4-12(14)13-10-23-16(18-13)19-15(20)8-11-9-22-7-6-17-11/h2-5,10-11,17H,6-9H2,1H3,(H,18,19,20). The van der Waals surface area contributed by atoms with Gasteiger partial charge in [-0.25, -0.2) is 4.98 Å². The fourth-order valence-electron chi connectivity index (χ4n) is 2.46. The third kappa shape index (κ3) is 4.25. The first kappa shape index (κ1) is 16.3. The number of anilines is 1. The van der Waals surface area contributed by atoms with Crippen LogP contribution < -0.4 is 15.4 Å². The molecule has 0 aliphatic carbocycles. The number of carbonyl (C=O) groups is 1. The van der Waals surface area contributed by atoms with Crippen molar-refractivity contribution < 1.29 is 9.53 Å². The molecule has 23 heavy (non-hydrogen) atoms. The van der Waals surface area contributed by atoms with E-state index >= 15 is 0 Å². The van der Waals surface area contributed by atoms with Crippen LogP contribution in [0.25, 0.3) is 11.3 Å². The minimum Gasteiger partial charge on any atom is -0.496 e. The summed E-state index contributed by atoms with van der Waals surface area (Å²) in [6.07, 6.45) is 0.483. The summed E-state index contributed by atoms with van der Waals surface area (Å²) < 4.78 is 5.36. The molecule has 1 atom stereocenters. The van der Waals surface area contributed by atoms with Crippen LogP contribution in [0.5, 0.6) is 5.75 Å². The molecule has 1 saturated heterocycles. The Morgan fingerprint density at radius 2 is 2.35 bits per heavy atom. The van der Waals surface area contributed by atoms with Gasteiger partial charge in [0.2, 0.25) is 5.91 Å². The second-order valence-electron chi connectivity index (χ2n) is 5.22. The maximum Gasteiger partial charge on any atom is 0.227 e. The molecule has 7 heteroatoms. The van der Waals surface area contributed by atoms with Crippen LogP contribution in [0.3, 0.4) is 0 Å². The first-order chi connectivity index (χ1) is 11.3. The molecular formula is C16H19N3O2S2. The minimum absolute atomic E-state index is 0.00549. The van der Waals surface area contributed by atoms with Gasteiger partial charge in [-0.05, 0) is 12.1 Å². The number of rotatable bonds is 5. The minimum atomic E-state index is 0.00549. The average molecular weight is 349 g/mol. The highest BCUT2D eigenvalue weighted by molar-refractivity contribution is 7.99. The monoisotopic (exact) mass is 349 g/mol. The summed E-state index contributed by atoms with van der Waals surface area (Å²) in [5.41, 5.74) is 1.74. The van der Waals surface area contributed by atoms with E-state index in [4.69, 9.17) is 4.74 Å². The molecule has 0 radical (unpaired) electrons. The Hall–Kier alpha value is -1.57. The van der Waals surface area contributed by atoms with Gasteiger partial charge in [0.25, 0.3) is 0 Å². The summed E-state index contributed by atoms with van der Waals surface area (Å²) >= 11 is 3.32. The van der Waals surface area contributed by atoms with E-state index in [1.165, 1.54) is 11.3 Å². The van der Waals surface area contributed by atoms with Gasteiger partial charge in [-0.15, -0.1) is 11.3 Å². The molecule has 0 spiro atoms. The molecule has 1 aromatic heterocycles. The molecule has 1 unspecified atom stereocenters. The highest BCUT2D eigenvalue weighted by Gasteiger charge is 2.18. The van der Waals surface area contributed by atoms with Crippen molar-refractivity contribution in [3.8, 4) is 17.0 Å². The van der Waals surface area contributed by atoms with Crippen LogP contribution in [0, 0.1) is 0 Å². The zero-order valence-electron chi connectivity index (χ0n) is 12.9. The Morgan fingerprint density at radius 3 is 3.13 bits per heavy atom. The lowest BCUT2D eigenvalue weighted by Crippen LogP contribution is -2.39. The zero-order valence-corrected chi connectivity index (χ0v) is 14.5. The fraction of sp³-hybridized carbons (Fsp3) is 0.375. The lowest BCUT2D eigenvalue weighted by molar-refractivity contribution is -0.116. The fourth-order valence-corrected chi connectivity index (χ4v) is 4.13. The highest BCUT2D eigenvalue weighted by Crippen LogP contribution is 2.31. The topological polar surface area (TPSA) is 63.2 Å². The molecule has 5 nitrogen and oxygen atoms in total. The van der Waals surface area contributed by atoms with Crippen molar-refractivity contribution in [1.29, 1.82) is 0 Å². The smallest absolute Gasteiger partial charge is 0.227 e. The largest absolute Gasteiger partial charge is 0.496 e. The van der Waals surface area contributed by atoms with E-state index in [2.05, 4.69) is 15.6 Å². The van der Waals surface area contributed by atoms with Crippen LogP contribution in [-0.4, -0.2) is 42.1 Å². The van der Waals surface area contributed by atoms with Crippen molar-refractivity contribution in [2.24, 2.45) is 0 Å². The van der Waals surface area contributed by atoms with Crippen LogP contribution in [0.1, 0.15) is 6.42 Å². The summed E-state index contributed by atoms with van der Waals surface area (Å²) in [5.74, 6) is 2.88. The summed E-state index contributed by atoms with van der Waals surface area (Å²) in [5, 5.41) is 8.82. The summed E-state index contributed by atoms with van der Waals surface area (Å²) in [7, 11) is 1.64. The van der Waals surface area contributed by atoms with Crippen molar-refractivity contribution >= 4 is 34.1 Å².